The lowest BCUT2D eigenvalue weighted by Gasteiger charge is -2.10. The highest BCUT2D eigenvalue weighted by Gasteiger charge is 2.14. The predicted molar refractivity (Wildman–Crippen MR) is 70.1 cm³/mol. The minimum absolute atomic E-state index is 0.112. The number of anilines is 1. The van der Waals surface area contributed by atoms with Crippen LogP contribution >= 0.6 is 15.9 Å². The zero-order valence-corrected chi connectivity index (χ0v) is 11.7. The minimum Gasteiger partial charge on any atom is -0.495 e. The normalized spacial score (nSPS) is 13.9. The summed E-state index contributed by atoms with van der Waals surface area (Å²) in [5.74, 6) is 0.283. The summed E-state index contributed by atoms with van der Waals surface area (Å²) >= 11 is 0.963. The van der Waals surface area contributed by atoms with Crippen LogP contribution in [0.2, 0.25) is 0 Å². The van der Waals surface area contributed by atoms with Crippen molar-refractivity contribution in [3.05, 3.63) is 23.8 Å². The minimum atomic E-state index is -2.21. The molecule has 0 saturated carbocycles. The second kappa shape index (κ2) is 6.13. The molecule has 0 amide bonds. The number of Topliss-reactive ketones (excluding diaryl/α,β-unsaturated/α-hetero) is 1. The monoisotopic (exact) mass is 321 g/mol. The van der Waals surface area contributed by atoms with Crippen LogP contribution in [0.15, 0.2) is 18.2 Å². The summed E-state index contributed by atoms with van der Waals surface area (Å²) in [6.45, 7) is 1.71. The van der Waals surface area contributed by atoms with Gasteiger partial charge >= 0.3 is 0 Å². The van der Waals surface area contributed by atoms with Gasteiger partial charge in [0.2, 0.25) is 0 Å². The molecule has 0 heterocycles. The van der Waals surface area contributed by atoms with Crippen LogP contribution in [0.3, 0.4) is 0 Å². The molecule has 1 rings (SSSR count). The number of carbonyl (C=O) groups is 1. The number of hydrogen-bond donors (Lipinski definition) is 2. The van der Waals surface area contributed by atoms with E-state index in [9.17, 15) is 9.00 Å². The molecule has 0 radical (unpaired) electrons. The maximum atomic E-state index is 11.7. The topological polar surface area (TPSA) is 75.6 Å². The standard InChI is InChI=1S/C10H12BrNO4S/c1-6(11)10(13)7-3-4-9(16-2)8(5-7)12-17(14)15/h3-6,12H,1-2H3,(H,14,15). The summed E-state index contributed by atoms with van der Waals surface area (Å²) in [5, 5.41) is 0. The smallest absolute Gasteiger partial charge is 0.259 e. The lowest BCUT2D eigenvalue weighted by Crippen LogP contribution is -2.11. The van der Waals surface area contributed by atoms with Crippen LogP contribution in [-0.2, 0) is 11.3 Å². The van der Waals surface area contributed by atoms with Crippen molar-refractivity contribution in [2.75, 3.05) is 11.8 Å². The molecule has 0 aliphatic carbocycles. The molecule has 1 aromatic rings. The van der Waals surface area contributed by atoms with Gasteiger partial charge in [-0.2, -0.15) is 0 Å². The van der Waals surface area contributed by atoms with Crippen LogP contribution in [0.4, 0.5) is 5.69 Å². The Morgan fingerprint density at radius 1 is 1.59 bits per heavy atom. The third-order valence-electron chi connectivity index (χ3n) is 2.04. The van der Waals surface area contributed by atoms with Crippen molar-refractivity contribution in [3.8, 4) is 5.75 Å². The first-order valence-corrected chi connectivity index (χ1v) is 6.71. The molecule has 1 aromatic carbocycles. The average Bonchev–Trinajstić information content (AvgIpc) is 2.27. The van der Waals surface area contributed by atoms with E-state index < -0.39 is 11.3 Å². The highest BCUT2D eigenvalue weighted by atomic mass is 79.9. The van der Waals surface area contributed by atoms with E-state index in [0.717, 1.165) is 0 Å². The maximum absolute atomic E-state index is 11.7. The number of methoxy groups -OCH3 is 1. The molecule has 7 heteroatoms. The van der Waals surface area contributed by atoms with E-state index in [2.05, 4.69) is 20.7 Å². The number of benzene rings is 1. The molecule has 2 unspecified atom stereocenters. The van der Waals surface area contributed by atoms with Crippen LogP contribution in [0.1, 0.15) is 17.3 Å². The molecule has 2 atom stereocenters. The number of rotatable bonds is 5. The molecule has 0 fully saturated rings. The Balaban J connectivity index is 3.12. The van der Waals surface area contributed by atoms with E-state index in [4.69, 9.17) is 9.29 Å². The van der Waals surface area contributed by atoms with Crippen molar-refractivity contribution in [2.24, 2.45) is 0 Å². The average molecular weight is 322 g/mol. The zero-order valence-electron chi connectivity index (χ0n) is 9.27. The fraction of sp³-hybridized carbons (Fsp3) is 0.300. The Bertz CT molecular complexity index is 450. The van der Waals surface area contributed by atoms with Crippen molar-refractivity contribution >= 4 is 38.7 Å². The molecular weight excluding hydrogens is 310 g/mol. The highest BCUT2D eigenvalue weighted by molar-refractivity contribution is 9.10. The van der Waals surface area contributed by atoms with Gasteiger partial charge in [-0.15, -0.1) is 0 Å². The molecule has 0 spiro atoms. The Labute approximate surface area is 110 Å². The number of alkyl halides is 1. The maximum Gasteiger partial charge on any atom is 0.259 e. The fourth-order valence-corrected chi connectivity index (χ4v) is 1.88. The van der Waals surface area contributed by atoms with Gasteiger partial charge in [-0.3, -0.25) is 14.1 Å². The van der Waals surface area contributed by atoms with Crippen LogP contribution in [0.5, 0.6) is 5.75 Å². The molecule has 5 nitrogen and oxygen atoms in total. The first-order chi connectivity index (χ1) is 7.95. The fourth-order valence-electron chi connectivity index (χ4n) is 1.26. The van der Waals surface area contributed by atoms with E-state index in [0.29, 0.717) is 17.0 Å². The number of ketones is 1. The van der Waals surface area contributed by atoms with Crippen LogP contribution in [0.25, 0.3) is 0 Å². The van der Waals surface area contributed by atoms with E-state index in [1.807, 2.05) is 0 Å². The quantitative estimate of drug-likeness (QED) is 0.495. The number of nitrogens with one attached hydrogen (secondary N) is 1. The van der Waals surface area contributed by atoms with E-state index in [-0.39, 0.29) is 10.6 Å². The summed E-state index contributed by atoms with van der Waals surface area (Å²) in [6, 6.07) is 4.65. The van der Waals surface area contributed by atoms with E-state index in [1.165, 1.54) is 13.2 Å². The van der Waals surface area contributed by atoms with Gasteiger partial charge in [0.25, 0.3) is 11.3 Å². The van der Waals surface area contributed by atoms with Gasteiger partial charge in [0.15, 0.2) is 5.78 Å². The predicted octanol–water partition coefficient (Wildman–Crippen LogP) is 2.21. The molecule has 0 saturated heterocycles. The van der Waals surface area contributed by atoms with Gasteiger partial charge < -0.3 is 4.74 Å². The third kappa shape index (κ3) is 3.79. The van der Waals surface area contributed by atoms with Crippen molar-refractivity contribution in [1.82, 2.24) is 0 Å². The van der Waals surface area contributed by atoms with Gasteiger partial charge in [-0.25, -0.2) is 4.21 Å². The largest absolute Gasteiger partial charge is 0.495 e. The summed E-state index contributed by atoms with van der Waals surface area (Å²) in [5.41, 5.74) is 0.732. The Morgan fingerprint density at radius 3 is 2.71 bits per heavy atom. The molecule has 0 aliphatic heterocycles. The van der Waals surface area contributed by atoms with E-state index >= 15 is 0 Å². The van der Waals surface area contributed by atoms with Crippen molar-refractivity contribution < 1.29 is 18.3 Å². The summed E-state index contributed by atoms with van der Waals surface area (Å²) in [6.07, 6.45) is 0. The second-order valence-corrected chi connectivity index (χ2v) is 5.32. The Hall–Kier alpha value is -0.920. The summed E-state index contributed by atoms with van der Waals surface area (Å²) in [7, 11) is 1.44. The first-order valence-electron chi connectivity index (χ1n) is 4.69. The number of halogens is 1. The molecule has 94 valence electrons. The van der Waals surface area contributed by atoms with Gasteiger partial charge in [0, 0.05) is 5.56 Å². The first kappa shape index (κ1) is 14.1. The molecule has 0 aromatic heterocycles. The van der Waals surface area contributed by atoms with Gasteiger partial charge in [0.1, 0.15) is 5.75 Å². The SMILES string of the molecule is COc1ccc(C(=O)C(C)Br)cc1NS(=O)O. The molecular formula is C10H12BrNO4S. The summed E-state index contributed by atoms with van der Waals surface area (Å²) in [4.78, 5) is 11.4. The highest BCUT2D eigenvalue weighted by Crippen LogP contribution is 2.26. The van der Waals surface area contributed by atoms with Crippen LogP contribution < -0.4 is 9.46 Å². The van der Waals surface area contributed by atoms with Gasteiger partial charge in [-0.05, 0) is 25.1 Å². The number of ether oxygens (including phenoxy) is 1. The van der Waals surface area contributed by atoms with Gasteiger partial charge in [-0.1, -0.05) is 15.9 Å². The van der Waals surface area contributed by atoms with Gasteiger partial charge in [0.05, 0.1) is 17.6 Å². The molecule has 17 heavy (non-hydrogen) atoms. The molecule has 0 aliphatic rings. The molecule has 0 bridgehead atoms. The van der Waals surface area contributed by atoms with Crippen molar-refractivity contribution in [3.63, 3.8) is 0 Å². The number of hydrogen-bond acceptors (Lipinski definition) is 3. The van der Waals surface area contributed by atoms with Crippen molar-refractivity contribution in [2.45, 2.75) is 11.8 Å². The summed E-state index contributed by atoms with van der Waals surface area (Å²) < 4.78 is 26.8. The third-order valence-corrected chi connectivity index (χ3v) is 2.85. The Morgan fingerprint density at radius 2 is 2.24 bits per heavy atom. The van der Waals surface area contributed by atoms with Crippen LogP contribution in [-0.4, -0.2) is 26.5 Å². The Kier molecular flexibility index (Phi) is 5.10. The lowest BCUT2D eigenvalue weighted by molar-refractivity contribution is 0.0996. The molecule has 2 N–H and O–H groups in total. The number of carbonyl (C=O) groups excluding carboxylic acids is 1. The van der Waals surface area contributed by atoms with Crippen LogP contribution in [0, 0.1) is 0 Å². The lowest BCUT2D eigenvalue weighted by atomic mass is 10.1. The zero-order chi connectivity index (χ0) is 13.0. The second-order valence-electron chi connectivity index (χ2n) is 3.25. The van der Waals surface area contributed by atoms with E-state index in [1.54, 1.807) is 19.1 Å². The van der Waals surface area contributed by atoms with Crippen molar-refractivity contribution in [1.29, 1.82) is 0 Å².